The van der Waals surface area contributed by atoms with E-state index in [9.17, 15) is 0 Å². The molecule has 0 amide bonds. The minimum atomic E-state index is 0.504. The summed E-state index contributed by atoms with van der Waals surface area (Å²) in [5, 5.41) is 1.20. The van der Waals surface area contributed by atoms with Gasteiger partial charge in [0.15, 0.2) is 11.5 Å². The van der Waals surface area contributed by atoms with Gasteiger partial charge in [-0.05, 0) is 88.1 Å². The Bertz CT molecular complexity index is 916. The molecular weight excluding hydrogens is 414 g/mol. The lowest BCUT2D eigenvalue weighted by Crippen LogP contribution is -2.30. The highest BCUT2D eigenvalue weighted by atomic mass is 16.5. The van der Waals surface area contributed by atoms with Crippen LogP contribution >= 0.6 is 0 Å². The maximum Gasteiger partial charge on any atom is 0.163 e. The first-order chi connectivity index (χ1) is 16.3. The number of fused-ring (bicyclic) bond motifs is 1. The normalized spacial score (nSPS) is 20.5. The number of rotatable bonds is 8. The SMILES string of the molecule is COc1cc2c(C3CCOCC3)cc(N3CCCCC3)nc2cc1OCCCN1CCCC1. The molecule has 6 nitrogen and oxygen atoms in total. The second-order valence-electron chi connectivity index (χ2n) is 9.78. The summed E-state index contributed by atoms with van der Waals surface area (Å²) in [6.07, 6.45) is 9.66. The molecule has 0 spiro atoms. The van der Waals surface area contributed by atoms with Gasteiger partial charge in [0.25, 0.3) is 0 Å². The Balaban J connectivity index is 1.43. The highest BCUT2D eigenvalue weighted by Crippen LogP contribution is 2.39. The number of likely N-dealkylation sites (tertiary alicyclic amines) is 1. The number of aromatic nitrogens is 1. The Labute approximate surface area is 198 Å². The number of methoxy groups -OCH3 is 1. The molecule has 1 aromatic heterocycles. The molecule has 0 bridgehead atoms. The molecule has 0 N–H and O–H groups in total. The number of hydrogen-bond acceptors (Lipinski definition) is 6. The van der Waals surface area contributed by atoms with Crippen molar-refractivity contribution in [1.29, 1.82) is 0 Å². The number of anilines is 1. The fraction of sp³-hybridized carbons (Fsp3) is 0.667. The third-order valence-corrected chi connectivity index (χ3v) is 7.53. The predicted octanol–water partition coefficient (Wildman–Crippen LogP) is 4.99. The van der Waals surface area contributed by atoms with Gasteiger partial charge in [-0.1, -0.05) is 0 Å². The maximum atomic E-state index is 6.24. The highest BCUT2D eigenvalue weighted by molar-refractivity contribution is 5.88. The topological polar surface area (TPSA) is 47.1 Å². The van der Waals surface area contributed by atoms with Crippen LogP contribution in [0.25, 0.3) is 10.9 Å². The Morgan fingerprint density at radius 1 is 0.939 bits per heavy atom. The van der Waals surface area contributed by atoms with E-state index in [1.165, 1.54) is 56.1 Å². The van der Waals surface area contributed by atoms with E-state index >= 15 is 0 Å². The molecule has 0 unspecified atom stereocenters. The van der Waals surface area contributed by atoms with Crippen LogP contribution in [0.15, 0.2) is 18.2 Å². The summed E-state index contributed by atoms with van der Waals surface area (Å²) in [5.41, 5.74) is 2.41. The van der Waals surface area contributed by atoms with Crippen molar-refractivity contribution in [3.63, 3.8) is 0 Å². The van der Waals surface area contributed by atoms with E-state index in [0.29, 0.717) is 12.5 Å². The minimum absolute atomic E-state index is 0.504. The first-order valence-electron chi connectivity index (χ1n) is 13.0. The zero-order valence-electron chi connectivity index (χ0n) is 20.2. The van der Waals surface area contributed by atoms with Gasteiger partial charge in [0.2, 0.25) is 0 Å². The van der Waals surface area contributed by atoms with E-state index in [2.05, 4.69) is 28.0 Å². The average Bonchev–Trinajstić information content (AvgIpc) is 3.40. The predicted molar refractivity (Wildman–Crippen MR) is 133 cm³/mol. The van der Waals surface area contributed by atoms with Gasteiger partial charge in [0, 0.05) is 44.3 Å². The molecule has 33 heavy (non-hydrogen) atoms. The van der Waals surface area contributed by atoms with Crippen LogP contribution in [0.2, 0.25) is 0 Å². The molecule has 0 aliphatic carbocycles. The number of pyridine rings is 1. The molecule has 1 aromatic carbocycles. The van der Waals surface area contributed by atoms with E-state index in [0.717, 1.165) is 74.9 Å². The zero-order valence-corrected chi connectivity index (χ0v) is 20.2. The Morgan fingerprint density at radius 2 is 1.70 bits per heavy atom. The van der Waals surface area contributed by atoms with Gasteiger partial charge in [0.1, 0.15) is 5.82 Å². The maximum absolute atomic E-state index is 6.24. The summed E-state index contributed by atoms with van der Waals surface area (Å²) in [6.45, 7) is 8.16. The fourth-order valence-electron chi connectivity index (χ4n) is 5.63. The van der Waals surface area contributed by atoms with Crippen molar-refractivity contribution in [1.82, 2.24) is 9.88 Å². The number of ether oxygens (including phenoxy) is 3. The van der Waals surface area contributed by atoms with Gasteiger partial charge in [0.05, 0.1) is 19.2 Å². The minimum Gasteiger partial charge on any atom is -0.493 e. The van der Waals surface area contributed by atoms with Crippen molar-refractivity contribution in [2.75, 3.05) is 64.6 Å². The molecule has 6 heteroatoms. The lowest BCUT2D eigenvalue weighted by atomic mass is 9.89. The Hall–Kier alpha value is -2.05. The summed E-state index contributed by atoms with van der Waals surface area (Å²) in [5.74, 6) is 3.25. The van der Waals surface area contributed by atoms with Crippen molar-refractivity contribution in [3.05, 3.63) is 23.8 Å². The summed E-state index contributed by atoms with van der Waals surface area (Å²) in [6, 6.07) is 6.61. The molecule has 5 rings (SSSR count). The number of piperidine rings is 1. The van der Waals surface area contributed by atoms with E-state index in [-0.39, 0.29) is 0 Å². The van der Waals surface area contributed by atoms with Crippen molar-refractivity contribution >= 4 is 16.7 Å². The van der Waals surface area contributed by atoms with Crippen LogP contribution in [-0.2, 0) is 4.74 Å². The van der Waals surface area contributed by atoms with Crippen molar-refractivity contribution < 1.29 is 14.2 Å². The lowest BCUT2D eigenvalue weighted by molar-refractivity contribution is 0.0856. The molecule has 3 aliphatic heterocycles. The Morgan fingerprint density at radius 3 is 2.45 bits per heavy atom. The third kappa shape index (κ3) is 5.38. The van der Waals surface area contributed by atoms with Crippen LogP contribution < -0.4 is 14.4 Å². The van der Waals surface area contributed by atoms with Crippen LogP contribution in [0.4, 0.5) is 5.82 Å². The lowest BCUT2D eigenvalue weighted by Gasteiger charge is -2.30. The molecule has 0 atom stereocenters. The summed E-state index contributed by atoms with van der Waals surface area (Å²) < 4.78 is 17.7. The molecule has 2 aromatic rings. The first-order valence-corrected chi connectivity index (χ1v) is 13.0. The fourth-order valence-corrected chi connectivity index (χ4v) is 5.63. The van der Waals surface area contributed by atoms with Gasteiger partial charge in [-0.15, -0.1) is 0 Å². The standard InChI is InChI=1S/C27H39N3O3/c1-31-25-18-23-22(21-8-16-32-17-9-21)19-27(30-13-3-2-4-14-30)28-24(23)20-26(25)33-15-7-12-29-10-5-6-11-29/h18-21H,2-17H2,1H3. The first kappa shape index (κ1) is 22.7. The van der Waals surface area contributed by atoms with Crippen LogP contribution in [0.5, 0.6) is 11.5 Å². The van der Waals surface area contributed by atoms with E-state index in [1.54, 1.807) is 7.11 Å². The van der Waals surface area contributed by atoms with Crippen LogP contribution in [-0.4, -0.2) is 69.5 Å². The van der Waals surface area contributed by atoms with Crippen molar-refractivity contribution in [2.24, 2.45) is 0 Å². The molecule has 0 saturated carbocycles. The van der Waals surface area contributed by atoms with E-state index in [1.807, 2.05) is 0 Å². The number of benzene rings is 1. The molecule has 3 fully saturated rings. The molecule has 0 radical (unpaired) electrons. The summed E-state index contributed by atoms with van der Waals surface area (Å²) >= 11 is 0. The van der Waals surface area contributed by atoms with E-state index in [4.69, 9.17) is 19.2 Å². The smallest absolute Gasteiger partial charge is 0.163 e. The molecule has 3 saturated heterocycles. The number of hydrogen-bond donors (Lipinski definition) is 0. The monoisotopic (exact) mass is 453 g/mol. The second kappa shape index (κ2) is 10.9. The zero-order chi connectivity index (χ0) is 22.5. The summed E-state index contributed by atoms with van der Waals surface area (Å²) in [7, 11) is 1.74. The quantitative estimate of drug-likeness (QED) is 0.525. The molecular formula is C27H39N3O3. The van der Waals surface area contributed by atoms with Crippen molar-refractivity contribution in [3.8, 4) is 11.5 Å². The summed E-state index contributed by atoms with van der Waals surface area (Å²) in [4.78, 5) is 10.1. The molecule has 180 valence electrons. The largest absolute Gasteiger partial charge is 0.493 e. The Kier molecular flexibility index (Phi) is 7.52. The highest BCUT2D eigenvalue weighted by Gasteiger charge is 2.23. The number of nitrogens with zero attached hydrogens (tertiary/aromatic N) is 3. The third-order valence-electron chi connectivity index (χ3n) is 7.53. The molecule has 3 aliphatic rings. The van der Waals surface area contributed by atoms with Gasteiger partial charge >= 0.3 is 0 Å². The van der Waals surface area contributed by atoms with Crippen LogP contribution in [0.1, 0.15) is 62.8 Å². The second-order valence-corrected chi connectivity index (χ2v) is 9.78. The molecule has 4 heterocycles. The van der Waals surface area contributed by atoms with Gasteiger partial charge in [-0.25, -0.2) is 4.98 Å². The average molecular weight is 454 g/mol. The van der Waals surface area contributed by atoms with Gasteiger partial charge in [-0.3, -0.25) is 0 Å². The van der Waals surface area contributed by atoms with E-state index < -0.39 is 0 Å². The van der Waals surface area contributed by atoms with Crippen LogP contribution in [0.3, 0.4) is 0 Å². The van der Waals surface area contributed by atoms with Gasteiger partial charge < -0.3 is 24.0 Å². The van der Waals surface area contributed by atoms with Crippen molar-refractivity contribution in [2.45, 2.75) is 57.3 Å². The van der Waals surface area contributed by atoms with Gasteiger partial charge in [-0.2, -0.15) is 0 Å². The van der Waals surface area contributed by atoms with Crippen LogP contribution in [0, 0.1) is 0 Å².